The van der Waals surface area contributed by atoms with Crippen LogP contribution in [0.5, 0.6) is 0 Å². The largest absolute Gasteiger partial charge is 0.354 e. The first kappa shape index (κ1) is 14.5. The van der Waals surface area contributed by atoms with E-state index in [9.17, 15) is 0 Å². The van der Waals surface area contributed by atoms with Crippen LogP contribution >= 0.6 is 27.3 Å². The van der Waals surface area contributed by atoms with Gasteiger partial charge >= 0.3 is 0 Å². The SMILES string of the molecule is CN(Cc1cc(Br)cs1)c1ncc(CN)c2ccccc12. The zero-order valence-corrected chi connectivity index (χ0v) is 14.1. The molecule has 3 nitrogen and oxygen atoms in total. The van der Waals surface area contributed by atoms with Gasteiger partial charge < -0.3 is 10.6 Å². The Kier molecular flexibility index (Phi) is 4.24. The van der Waals surface area contributed by atoms with E-state index in [4.69, 9.17) is 5.73 Å². The molecule has 5 heteroatoms. The maximum atomic E-state index is 5.81. The van der Waals surface area contributed by atoms with E-state index in [0.717, 1.165) is 27.8 Å². The molecule has 2 heterocycles. The second-order valence-corrected chi connectivity index (χ2v) is 6.86. The van der Waals surface area contributed by atoms with Gasteiger partial charge in [-0.1, -0.05) is 24.3 Å². The highest BCUT2D eigenvalue weighted by molar-refractivity contribution is 9.10. The number of benzene rings is 1. The number of hydrogen-bond donors (Lipinski definition) is 1. The Labute approximate surface area is 136 Å². The van der Waals surface area contributed by atoms with Crippen molar-refractivity contribution in [3.05, 3.63) is 56.8 Å². The number of halogens is 1. The summed E-state index contributed by atoms with van der Waals surface area (Å²) in [7, 11) is 2.07. The summed E-state index contributed by atoms with van der Waals surface area (Å²) in [6, 6.07) is 10.5. The topological polar surface area (TPSA) is 42.2 Å². The van der Waals surface area contributed by atoms with Crippen molar-refractivity contribution in [2.45, 2.75) is 13.1 Å². The van der Waals surface area contributed by atoms with Crippen molar-refractivity contribution in [1.82, 2.24) is 4.98 Å². The van der Waals surface area contributed by atoms with Crippen LogP contribution in [0.15, 0.2) is 46.4 Å². The molecule has 3 aromatic rings. The molecule has 0 fully saturated rings. The molecule has 0 unspecified atom stereocenters. The molecule has 0 radical (unpaired) electrons. The van der Waals surface area contributed by atoms with E-state index in [-0.39, 0.29) is 0 Å². The Morgan fingerprint density at radius 3 is 2.71 bits per heavy atom. The van der Waals surface area contributed by atoms with Crippen LogP contribution in [0.25, 0.3) is 10.8 Å². The van der Waals surface area contributed by atoms with E-state index in [0.29, 0.717) is 6.54 Å². The summed E-state index contributed by atoms with van der Waals surface area (Å²) < 4.78 is 1.13. The van der Waals surface area contributed by atoms with Crippen LogP contribution in [0, 0.1) is 0 Å². The van der Waals surface area contributed by atoms with Gasteiger partial charge in [0.1, 0.15) is 5.82 Å². The number of nitrogens with two attached hydrogens (primary N) is 1. The second-order valence-electron chi connectivity index (χ2n) is 4.94. The number of pyridine rings is 1. The molecule has 0 spiro atoms. The predicted octanol–water partition coefficient (Wildman–Crippen LogP) is 4.15. The summed E-state index contributed by atoms with van der Waals surface area (Å²) in [4.78, 5) is 8.10. The maximum absolute atomic E-state index is 5.81. The third-order valence-corrected chi connectivity index (χ3v) is 5.14. The van der Waals surface area contributed by atoms with Gasteiger partial charge in [0.05, 0.1) is 6.54 Å². The number of thiophene rings is 1. The minimum atomic E-state index is 0.509. The van der Waals surface area contributed by atoms with Crippen LogP contribution in [-0.2, 0) is 13.1 Å². The molecule has 0 aliphatic rings. The van der Waals surface area contributed by atoms with Crippen molar-refractivity contribution in [1.29, 1.82) is 0 Å². The molecular weight excluding hydrogens is 346 g/mol. The summed E-state index contributed by atoms with van der Waals surface area (Å²) in [5, 5.41) is 4.44. The second kappa shape index (κ2) is 6.13. The van der Waals surface area contributed by atoms with Gasteiger partial charge in [0, 0.05) is 39.9 Å². The molecule has 0 saturated carbocycles. The van der Waals surface area contributed by atoms with Gasteiger partial charge in [-0.15, -0.1) is 11.3 Å². The Balaban J connectivity index is 2.00. The van der Waals surface area contributed by atoms with Crippen LogP contribution < -0.4 is 10.6 Å². The molecule has 0 amide bonds. The van der Waals surface area contributed by atoms with Gasteiger partial charge in [-0.25, -0.2) is 4.98 Å². The summed E-state index contributed by atoms with van der Waals surface area (Å²) in [6.45, 7) is 1.35. The maximum Gasteiger partial charge on any atom is 0.136 e. The standard InChI is InChI=1S/C16H16BrN3S/c1-20(9-13-6-12(17)10-21-13)16-15-5-3-2-4-14(15)11(7-18)8-19-16/h2-6,8,10H,7,9,18H2,1H3. The zero-order chi connectivity index (χ0) is 14.8. The molecule has 2 N–H and O–H groups in total. The van der Waals surface area contributed by atoms with E-state index in [1.807, 2.05) is 18.3 Å². The number of aromatic nitrogens is 1. The third-order valence-electron chi connectivity index (χ3n) is 3.45. The lowest BCUT2D eigenvalue weighted by molar-refractivity contribution is 0.915. The minimum absolute atomic E-state index is 0.509. The fourth-order valence-corrected chi connectivity index (χ4v) is 3.95. The lowest BCUT2D eigenvalue weighted by Crippen LogP contribution is -2.17. The summed E-state index contributed by atoms with van der Waals surface area (Å²) >= 11 is 5.25. The molecular formula is C16H16BrN3S. The van der Waals surface area contributed by atoms with Crippen LogP contribution in [0.2, 0.25) is 0 Å². The van der Waals surface area contributed by atoms with Gasteiger partial charge in [-0.2, -0.15) is 0 Å². The summed E-state index contributed by atoms with van der Waals surface area (Å²) in [6.07, 6.45) is 1.89. The number of hydrogen-bond acceptors (Lipinski definition) is 4. The van der Waals surface area contributed by atoms with Crippen LogP contribution in [-0.4, -0.2) is 12.0 Å². The Morgan fingerprint density at radius 1 is 1.29 bits per heavy atom. The predicted molar refractivity (Wildman–Crippen MR) is 93.8 cm³/mol. The molecule has 0 aliphatic heterocycles. The van der Waals surface area contributed by atoms with Crippen LogP contribution in [0.4, 0.5) is 5.82 Å². The van der Waals surface area contributed by atoms with Crippen molar-refractivity contribution >= 4 is 43.9 Å². The monoisotopic (exact) mass is 361 g/mol. The van der Waals surface area contributed by atoms with Gasteiger partial charge in [0.15, 0.2) is 0 Å². The minimum Gasteiger partial charge on any atom is -0.354 e. The van der Waals surface area contributed by atoms with Gasteiger partial charge in [-0.3, -0.25) is 0 Å². The fourth-order valence-electron chi connectivity index (χ4n) is 2.45. The van der Waals surface area contributed by atoms with E-state index >= 15 is 0 Å². The lowest BCUT2D eigenvalue weighted by atomic mass is 10.1. The molecule has 3 rings (SSSR count). The molecule has 2 aromatic heterocycles. The normalized spacial score (nSPS) is 11.0. The quantitative estimate of drug-likeness (QED) is 0.758. The molecule has 108 valence electrons. The number of rotatable bonds is 4. The molecule has 0 aliphatic carbocycles. The molecule has 21 heavy (non-hydrogen) atoms. The number of fused-ring (bicyclic) bond motifs is 1. The van der Waals surface area contributed by atoms with Gasteiger partial charge in [0.2, 0.25) is 0 Å². The molecule has 0 saturated heterocycles. The first-order valence-electron chi connectivity index (χ1n) is 6.70. The first-order valence-corrected chi connectivity index (χ1v) is 8.37. The average Bonchev–Trinajstić information content (AvgIpc) is 2.91. The molecule has 0 bridgehead atoms. The van der Waals surface area contributed by atoms with Gasteiger partial charge in [0.25, 0.3) is 0 Å². The van der Waals surface area contributed by atoms with Crippen molar-refractivity contribution < 1.29 is 0 Å². The number of nitrogens with zero attached hydrogens (tertiary/aromatic N) is 2. The summed E-state index contributed by atoms with van der Waals surface area (Å²) in [5.41, 5.74) is 6.90. The highest BCUT2D eigenvalue weighted by atomic mass is 79.9. The average molecular weight is 362 g/mol. The van der Waals surface area contributed by atoms with E-state index in [1.54, 1.807) is 11.3 Å². The van der Waals surface area contributed by atoms with Crippen molar-refractivity contribution in [3.63, 3.8) is 0 Å². The van der Waals surface area contributed by atoms with Crippen molar-refractivity contribution in [2.75, 3.05) is 11.9 Å². The summed E-state index contributed by atoms with van der Waals surface area (Å²) in [5.74, 6) is 0.993. The van der Waals surface area contributed by atoms with Crippen LogP contribution in [0.3, 0.4) is 0 Å². The smallest absolute Gasteiger partial charge is 0.136 e. The van der Waals surface area contributed by atoms with E-state index in [1.165, 1.54) is 10.3 Å². The van der Waals surface area contributed by atoms with Crippen molar-refractivity contribution in [2.24, 2.45) is 5.73 Å². The fraction of sp³-hybridized carbons (Fsp3) is 0.188. The highest BCUT2D eigenvalue weighted by Gasteiger charge is 2.11. The molecule has 1 aromatic carbocycles. The zero-order valence-electron chi connectivity index (χ0n) is 11.7. The number of anilines is 1. The van der Waals surface area contributed by atoms with E-state index < -0.39 is 0 Å². The third kappa shape index (κ3) is 2.95. The van der Waals surface area contributed by atoms with Crippen LogP contribution in [0.1, 0.15) is 10.4 Å². The Bertz CT molecular complexity index is 769. The van der Waals surface area contributed by atoms with Gasteiger partial charge in [-0.05, 0) is 32.9 Å². The van der Waals surface area contributed by atoms with E-state index in [2.05, 4.69) is 56.4 Å². The first-order chi connectivity index (χ1) is 10.2. The Morgan fingerprint density at radius 2 is 2.05 bits per heavy atom. The highest BCUT2D eigenvalue weighted by Crippen LogP contribution is 2.28. The Hall–Kier alpha value is -1.43. The molecule has 0 atom stereocenters. The lowest BCUT2D eigenvalue weighted by Gasteiger charge is -2.20. The van der Waals surface area contributed by atoms with Crippen molar-refractivity contribution in [3.8, 4) is 0 Å².